The van der Waals surface area contributed by atoms with Gasteiger partial charge in [-0.15, -0.1) is 0 Å². The van der Waals surface area contributed by atoms with Crippen LogP contribution in [-0.2, 0) is 19.8 Å². The molecule has 6 rings (SSSR count). The van der Waals surface area contributed by atoms with E-state index < -0.39 is 23.3 Å². The van der Waals surface area contributed by atoms with E-state index in [4.69, 9.17) is 0 Å². The molecule has 5 heteroatoms. The van der Waals surface area contributed by atoms with E-state index in [-0.39, 0.29) is 5.78 Å². The van der Waals surface area contributed by atoms with E-state index in [1.807, 2.05) is 19.1 Å². The standard InChI is InChI=1S/C24H30N2O3/c1-3-23(2)20(27)19(22(29)26-23)21(28)25-18-6-4-17(5-7-18)24-11-14-8-15(12-24)10-16(9-14)13-24/h4-7,14-16,19H,3,8-13H2,1-2H3,(H,25,28)(H,26,29). The Kier molecular flexibility index (Phi) is 4.17. The molecule has 0 radical (unpaired) electrons. The summed E-state index contributed by atoms with van der Waals surface area (Å²) in [5.41, 5.74) is 1.42. The number of nitrogens with one attached hydrogen (secondary N) is 2. The van der Waals surface area contributed by atoms with Crippen molar-refractivity contribution >= 4 is 23.3 Å². The Hall–Kier alpha value is -2.17. The number of hydrogen-bond donors (Lipinski definition) is 2. The molecule has 4 saturated carbocycles. The highest BCUT2D eigenvalue weighted by molar-refractivity contribution is 6.27. The largest absolute Gasteiger partial charge is 0.343 e. The second kappa shape index (κ2) is 6.41. The van der Waals surface area contributed by atoms with Crippen molar-refractivity contribution in [3.8, 4) is 0 Å². The number of anilines is 1. The van der Waals surface area contributed by atoms with Crippen LogP contribution in [0.1, 0.15) is 64.4 Å². The molecule has 1 saturated heterocycles. The molecule has 2 unspecified atom stereocenters. The number of benzene rings is 1. The van der Waals surface area contributed by atoms with Gasteiger partial charge in [-0.05, 0) is 92.7 Å². The van der Waals surface area contributed by atoms with Gasteiger partial charge in [-0.1, -0.05) is 19.1 Å². The number of rotatable bonds is 4. The predicted molar refractivity (Wildman–Crippen MR) is 110 cm³/mol. The molecule has 0 aromatic heterocycles. The van der Waals surface area contributed by atoms with E-state index in [1.165, 1.54) is 44.1 Å². The van der Waals surface area contributed by atoms with Crippen LogP contribution in [0.4, 0.5) is 5.69 Å². The number of Topliss-reactive ketones (excluding diaryl/α,β-unsaturated/α-hetero) is 1. The fourth-order valence-corrected chi connectivity index (χ4v) is 6.93. The minimum Gasteiger partial charge on any atom is -0.343 e. The number of hydrogen-bond acceptors (Lipinski definition) is 3. The van der Waals surface area contributed by atoms with Gasteiger partial charge in [0.15, 0.2) is 11.7 Å². The van der Waals surface area contributed by atoms with Crippen LogP contribution in [0.2, 0.25) is 0 Å². The molecule has 4 aliphatic carbocycles. The molecular weight excluding hydrogens is 364 g/mol. The number of amides is 2. The Labute approximate surface area is 172 Å². The lowest BCUT2D eigenvalue weighted by Gasteiger charge is -2.57. The Balaban J connectivity index is 1.31. The fourth-order valence-electron chi connectivity index (χ4n) is 6.93. The zero-order chi connectivity index (χ0) is 20.4. The summed E-state index contributed by atoms with van der Waals surface area (Å²) in [5, 5.41) is 5.47. The average molecular weight is 395 g/mol. The molecule has 5 fully saturated rings. The zero-order valence-electron chi connectivity index (χ0n) is 17.3. The molecule has 2 N–H and O–H groups in total. The van der Waals surface area contributed by atoms with Crippen molar-refractivity contribution in [2.75, 3.05) is 5.32 Å². The Morgan fingerprint density at radius 1 is 1.03 bits per heavy atom. The van der Waals surface area contributed by atoms with Crippen molar-refractivity contribution in [3.05, 3.63) is 29.8 Å². The van der Waals surface area contributed by atoms with Crippen LogP contribution >= 0.6 is 0 Å². The first-order valence-electron chi connectivity index (χ1n) is 11.1. The summed E-state index contributed by atoms with van der Waals surface area (Å²) in [4.78, 5) is 37.4. The monoisotopic (exact) mass is 394 g/mol. The summed E-state index contributed by atoms with van der Waals surface area (Å²) in [6, 6.07) is 8.16. The van der Waals surface area contributed by atoms with Gasteiger partial charge in [-0.25, -0.2) is 0 Å². The fraction of sp³-hybridized carbons (Fsp3) is 0.625. The number of ketones is 1. The summed E-state index contributed by atoms with van der Waals surface area (Å²) >= 11 is 0. The second-order valence-corrected chi connectivity index (χ2v) is 10.2. The van der Waals surface area contributed by atoms with E-state index >= 15 is 0 Å². The van der Waals surface area contributed by atoms with Crippen LogP contribution in [0, 0.1) is 23.7 Å². The van der Waals surface area contributed by atoms with E-state index in [0.717, 1.165) is 17.8 Å². The first-order chi connectivity index (χ1) is 13.8. The zero-order valence-corrected chi connectivity index (χ0v) is 17.3. The van der Waals surface area contributed by atoms with E-state index in [9.17, 15) is 14.4 Å². The van der Waals surface area contributed by atoms with Crippen LogP contribution in [0.5, 0.6) is 0 Å². The minimum absolute atomic E-state index is 0.321. The molecule has 0 spiro atoms. The summed E-state index contributed by atoms with van der Waals surface area (Å²) in [6.45, 7) is 3.52. The van der Waals surface area contributed by atoms with E-state index in [0.29, 0.717) is 17.5 Å². The highest BCUT2D eigenvalue weighted by Crippen LogP contribution is 2.60. The molecular formula is C24H30N2O3. The minimum atomic E-state index is -1.26. The smallest absolute Gasteiger partial charge is 0.244 e. The molecule has 5 aliphatic rings. The van der Waals surface area contributed by atoms with Crippen molar-refractivity contribution in [1.29, 1.82) is 0 Å². The molecule has 5 nitrogen and oxygen atoms in total. The second-order valence-electron chi connectivity index (χ2n) is 10.2. The third-order valence-corrected chi connectivity index (χ3v) is 8.24. The third-order valence-electron chi connectivity index (χ3n) is 8.24. The highest BCUT2D eigenvalue weighted by atomic mass is 16.2. The normalized spacial score (nSPS) is 40.2. The van der Waals surface area contributed by atoms with Crippen LogP contribution in [0.3, 0.4) is 0 Å². The lowest BCUT2D eigenvalue weighted by molar-refractivity contribution is -0.135. The number of carbonyl (C=O) groups is 3. The van der Waals surface area contributed by atoms with Gasteiger partial charge in [0.05, 0.1) is 5.54 Å². The van der Waals surface area contributed by atoms with Gasteiger partial charge < -0.3 is 10.6 Å². The predicted octanol–water partition coefficient (Wildman–Crippen LogP) is 3.58. The lowest BCUT2D eigenvalue weighted by atomic mass is 9.48. The van der Waals surface area contributed by atoms with Gasteiger partial charge in [0.1, 0.15) is 0 Å². The third kappa shape index (κ3) is 2.92. The van der Waals surface area contributed by atoms with Crippen molar-refractivity contribution in [3.63, 3.8) is 0 Å². The van der Waals surface area contributed by atoms with Gasteiger partial charge >= 0.3 is 0 Å². The van der Waals surface area contributed by atoms with E-state index in [2.05, 4.69) is 22.8 Å². The van der Waals surface area contributed by atoms with Gasteiger partial charge in [-0.2, -0.15) is 0 Å². The van der Waals surface area contributed by atoms with Crippen LogP contribution in [0.25, 0.3) is 0 Å². The maximum atomic E-state index is 12.7. The summed E-state index contributed by atoms with van der Waals surface area (Å²) < 4.78 is 0. The molecule has 2 amide bonds. The average Bonchev–Trinajstić information content (AvgIpc) is 2.90. The summed E-state index contributed by atoms with van der Waals surface area (Å²) in [6.07, 6.45) is 8.64. The maximum Gasteiger partial charge on any atom is 0.244 e. The summed E-state index contributed by atoms with van der Waals surface area (Å²) in [5.74, 6) is 0.0333. The van der Waals surface area contributed by atoms with Gasteiger partial charge in [-0.3, -0.25) is 14.4 Å². The highest BCUT2D eigenvalue weighted by Gasteiger charge is 2.52. The topological polar surface area (TPSA) is 75.3 Å². The van der Waals surface area contributed by atoms with Crippen LogP contribution < -0.4 is 10.6 Å². The van der Waals surface area contributed by atoms with Crippen molar-refractivity contribution < 1.29 is 14.4 Å². The quantitative estimate of drug-likeness (QED) is 0.767. The molecule has 154 valence electrons. The van der Waals surface area contributed by atoms with Crippen molar-refractivity contribution in [2.24, 2.45) is 23.7 Å². The van der Waals surface area contributed by atoms with Gasteiger partial charge in [0.25, 0.3) is 0 Å². The van der Waals surface area contributed by atoms with Crippen molar-refractivity contribution in [1.82, 2.24) is 5.32 Å². The molecule has 4 bridgehead atoms. The molecule has 29 heavy (non-hydrogen) atoms. The van der Waals surface area contributed by atoms with Gasteiger partial charge in [0.2, 0.25) is 11.8 Å². The first kappa shape index (κ1) is 18.8. The van der Waals surface area contributed by atoms with Gasteiger partial charge in [0, 0.05) is 5.69 Å². The van der Waals surface area contributed by atoms with Crippen molar-refractivity contribution in [2.45, 2.75) is 69.7 Å². The maximum absolute atomic E-state index is 12.7. The first-order valence-corrected chi connectivity index (χ1v) is 11.1. The summed E-state index contributed by atoms with van der Waals surface area (Å²) in [7, 11) is 0. The Morgan fingerprint density at radius 2 is 1.59 bits per heavy atom. The molecule has 1 heterocycles. The Bertz CT molecular complexity index is 839. The molecule has 1 aromatic rings. The molecule has 1 aromatic carbocycles. The van der Waals surface area contributed by atoms with E-state index in [1.54, 1.807) is 6.92 Å². The SMILES string of the molecule is CCC1(C)NC(=O)C(C(=O)Nc2ccc(C34CC5CC(CC(C5)C3)C4)cc2)C1=O. The molecule has 2 atom stereocenters. The number of carbonyl (C=O) groups excluding carboxylic acids is 3. The van der Waals surface area contributed by atoms with Crippen LogP contribution in [-0.4, -0.2) is 23.1 Å². The lowest BCUT2D eigenvalue weighted by Crippen LogP contribution is -2.48. The molecule has 1 aliphatic heterocycles. The Morgan fingerprint density at radius 3 is 2.07 bits per heavy atom. The van der Waals surface area contributed by atoms with Crippen LogP contribution in [0.15, 0.2) is 24.3 Å².